The molecule has 0 radical (unpaired) electrons. The molecule has 3 unspecified atom stereocenters. The average Bonchev–Trinajstić information content (AvgIpc) is 1.99. The monoisotopic (exact) mass is 240 g/mol. The number of hydrogen-bond acceptors (Lipinski definition) is 2. The summed E-state index contributed by atoms with van der Waals surface area (Å²) in [6.45, 7) is 4.17. The normalized spacial score (nSPS) is 35.2. The van der Waals surface area contributed by atoms with Gasteiger partial charge < -0.3 is 0 Å². The van der Waals surface area contributed by atoms with Crippen molar-refractivity contribution < 1.29 is 8.78 Å². The largest absolute Gasteiger partial charge is 0.338 e. The molecule has 1 aliphatic carbocycles. The molecule has 15 heavy (non-hydrogen) atoms. The maximum atomic E-state index is 13.0. The fourth-order valence-electron chi connectivity index (χ4n) is 2.78. The van der Waals surface area contributed by atoms with Gasteiger partial charge in [0.25, 0.3) is 0 Å². The van der Waals surface area contributed by atoms with E-state index >= 15 is 0 Å². The van der Waals surface area contributed by atoms with Crippen molar-refractivity contribution in [3.05, 3.63) is 0 Å². The Labute approximate surface area is 94.5 Å². The van der Waals surface area contributed by atoms with Gasteiger partial charge in [0.1, 0.15) is 6.04 Å². The summed E-state index contributed by atoms with van der Waals surface area (Å²) < 4.78 is 26.1. The molecule has 0 amide bonds. The van der Waals surface area contributed by atoms with Crippen LogP contribution in [0.25, 0.3) is 0 Å². The van der Waals surface area contributed by atoms with Gasteiger partial charge in [-0.3, -0.25) is 5.84 Å². The second-order valence-electron chi connectivity index (χ2n) is 4.86. The molecule has 0 aromatic carbocycles. The molecule has 3 atom stereocenters. The van der Waals surface area contributed by atoms with Crippen molar-refractivity contribution in [1.82, 2.24) is 5.43 Å². The van der Waals surface area contributed by atoms with Gasteiger partial charge in [-0.05, 0) is 48.6 Å². The smallest absolute Gasteiger partial charge is 0.271 e. The predicted octanol–water partition coefficient (Wildman–Crippen LogP) is 2.72. The number of alkyl halides is 3. The second kappa shape index (κ2) is 4.93. The molecule has 1 aliphatic rings. The van der Waals surface area contributed by atoms with Crippen molar-refractivity contribution in [1.29, 1.82) is 0 Å². The van der Waals surface area contributed by atoms with E-state index in [1.165, 1.54) is 0 Å². The molecule has 2 nitrogen and oxygen atoms in total. The lowest BCUT2D eigenvalue weighted by Crippen LogP contribution is -2.51. The highest BCUT2D eigenvalue weighted by atomic mass is 35.5. The van der Waals surface area contributed by atoms with Crippen LogP contribution >= 0.6 is 11.6 Å². The topological polar surface area (TPSA) is 38.0 Å². The van der Waals surface area contributed by atoms with Crippen LogP contribution in [-0.4, -0.2) is 11.4 Å². The van der Waals surface area contributed by atoms with Gasteiger partial charge in [0, 0.05) is 0 Å². The SMILES string of the molecule is CC1CC(C)CC(C(NN)C(F)(F)Cl)C1. The molecule has 0 aromatic rings. The molecule has 3 N–H and O–H groups in total. The van der Waals surface area contributed by atoms with Crippen LogP contribution in [0.15, 0.2) is 0 Å². The molecule has 0 aromatic heterocycles. The van der Waals surface area contributed by atoms with Crippen LogP contribution in [0, 0.1) is 17.8 Å². The second-order valence-corrected chi connectivity index (χ2v) is 5.37. The van der Waals surface area contributed by atoms with Gasteiger partial charge in [-0.1, -0.05) is 13.8 Å². The van der Waals surface area contributed by atoms with E-state index in [9.17, 15) is 8.78 Å². The molecule has 0 bridgehead atoms. The Morgan fingerprint density at radius 3 is 2.07 bits per heavy atom. The number of hydrogen-bond donors (Lipinski definition) is 2. The van der Waals surface area contributed by atoms with E-state index in [2.05, 4.69) is 19.3 Å². The number of nitrogens with one attached hydrogen (secondary N) is 1. The Morgan fingerprint density at radius 2 is 1.73 bits per heavy atom. The van der Waals surface area contributed by atoms with E-state index in [4.69, 9.17) is 17.4 Å². The molecule has 0 heterocycles. The fourth-order valence-corrected chi connectivity index (χ4v) is 3.02. The first-order valence-corrected chi connectivity index (χ1v) is 5.75. The number of nitrogens with two attached hydrogens (primary N) is 1. The van der Waals surface area contributed by atoms with Crippen molar-refractivity contribution >= 4 is 11.6 Å². The minimum absolute atomic E-state index is 0.138. The Balaban J connectivity index is 2.68. The van der Waals surface area contributed by atoms with E-state index in [1.54, 1.807) is 0 Å². The Morgan fingerprint density at radius 1 is 1.27 bits per heavy atom. The van der Waals surface area contributed by atoms with Gasteiger partial charge in [-0.25, -0.2) is 5.43 Å². The molecular formula is C10H19ClF2N2. The Kier molecular flexibility index (Phi) is 4.32. The van der Waals surface area contributed by atoms with E-state index in [1.807, 2.05) is 0 Å². The summed E-state index contributed by atoms with van der Waals surface area (Å²) in [6, 6.07) is -1.12. The number of halogens is 3. The van der Waals surface area contributed by atoms with Crippen LogP contribution in [-0.2, 0) is 0 Å². The van der Waals surface area contributed by atoms with E-state index in [0.717, 1.165) is 19.3 Å². The summed E-state index contributed by atoms with van der Waals surface area (Å²) >= 11 is 5.05. The molecule has 1 fully saturated rings. The third-order valence-electron chi connectivity index (χ3n) is 3.22. The lowest BCUT2D eigenvalue weighted by molar-refractivity contribution is 0.00546. The summed E-state index contributed by atoms with van der Waals surface area (Å²) in [5, 5.41) is -3.27. The number of rotatable bonds is 3. The molecule has 0 spiro atoms. The summed E-state index contributed by atoms with van der Waals surface area (Å²) in [6.07, 6.45) is 2.63. The molecule has 1 saturated carbocycles. The van der Waals surface area contributed by atoms with Gasteiger partial charge in [0.15, 0.2) is 0 Å². The first kappa shape index (κ1) is 13.1. The van der Waals surface area contributed by atoms with Gasteiger partial charge in [0.2, 0.25) is 0 Å². The highest BCUT2D eigenvalue weighted by Gasteiger charge is 2.43. The van der Waals surface area contributed by atoms with E-state index < -0.39 is 11.4 Å². The Hall–Kier alpha value is 0.0700. The van der Waals surface area contributed by atoms with E-state index in [-0.39, 0.29) is 5.92 Å². The van der Waals surface area contributed by atoms with Crippen molar-refractivity contribution in [3.63, 3.8) is 0 Å². The quantitative estimate of drug-likeness (QED) is 0.452. The van der Waals surface area contributed by atoms with Gasteiger partial charge in [-0.15, -0.1) is 0 Å². The van der Waals surface area contributed by atoms with Crippen LogP contribution in [0.1, 0.15) is 33.1 Å². The molecular weight excluding hydrogens is 222 g/mol. The number of hydrazine groups is 1. The van der Waals surface area contributed by atoms with Gasteiger partial charge in [-0.2, -0.15) is 8.78 Å². The van der Waals surface area contributed by atoms with Gasteiger partial charge >= 0.3 is 5.38 Å². The summed E-state index contributed by atoms with van der Waals surface area (Å²) in [5.41, 5.74) is 2.17. The minimum Gasteiger partial charge on any atom is -0.271 e. The zero-order valence-corrected chi connectivity index (χ0v) is 9.90. The zero-order chi connectivity index (χ0) is 11.6. The Bertz CT molecular complexity index is 198. The molecule has 0 aliphatic heterocycles. The highest BCUT2D eigenvalue weighted by Crippen LogP contribution is 2.39. The van der Waals surface area contributed by atoms with Crippen LogP contribution < -0.4 is 11.3 Å². The molecule has 0 saturated heterocycles. The van der Waals surface area contributed by atoms with Gasteiger partial charge in [0.05, 0.1) is 0 Å². The third kappa shape index (κ3) is 3.54. The highest BCUT2D eigenvalue weighted by molar-refractivity contribution is 6.22. The third-order valence-corrected chi connectivity index (χ3v) is 3.45. The lowest BCUT2D eigenvalue weighted by atomic mass is 9.74. The first-order chi connectivity index (χ1) is 6.84. The lowest BCUT2D eigenvalue weighted by Gasteiger charge is -2.37. The van der Waals surface area contributed by atoms with Crippen molar-refractivity contribution in [2.24, 2.45) is 23.6 Å². The van der Waals surface area contributed by atoms with Crippen molar-refractivity contribution in [2.45, 2.75) is 44.5 Å². The minimum atomic E-state index is -3.27. The van der Waals surface area contributed by atoms with Crippen molar-refractivity contribution in [2.75, 3.05) is 0 Å². The van der Waals surface area contributed by atoms with Crippen molar-refractivity contribution in [3.8, 4) is 0 Å². The maximum absolute atomic E-state index is 13.0. The van der Waals surface area contributed by atoms with Crippen LogP contribution in [0.2, 0.25) is 0 Å². The molecule has 1 rings (SSSR count). The fraction of sp³-hybridized carbons (Fsp3) is 1.00. The molecule has 90 valence electrons. The summed E-state index contributed by atoms with van der Waals surface area (Å²) in [4.78, 5) is 0. The van der Waals surface area contributed by atoms with E-state index in [0.29, 0.717) is 11.8 Å². The van der Waals surface area contributed by atoms with Crippen LogP contribution in [0.3, 0.4) is 0 Å². The summed E-state index contributed by atoms with van der Waals surface area (Å²) in [5.74, 6) is 5.96. The van der Waals surface area contributed by atoms with Crippen LogP contribution in [0.5, 0.6) is 0 Å². The first-order valence-electron chi connectivity index (χ1n) is 5.37. The maximum Gasteiger partial charge on any atom is 0.338 e. The standard InChI is InChI=1S/C10H19ClF2N2/c1-6-3-7(2)5-8(4-6)9(15-14)10(11,12)13/h6-9,15H,3-5,14H2,1-2H3. The van der Waals surface area contributed by atoms with Crippen LogP contribution in [0.4, 0.5) is 8.78 Å². The summed E-state index contributed by atoms with van der Waals surface area (Å²) in [7, 11) is 0. The average molecular weight is 241 g/mol. The predicted molar refractivity (Wildman–Crippen MR) is 57.6 cm³/mol. The molecule has 5 heteroatoms. The zero-order valence-electron chi connectivity index (χ0n) is 9.14.